The average molecular weight is 347 g/mol. The normalized spacial score (nSPS) is 23.2. The monoisotopic (exact) mass is 347 g/mol. The summed E-state index contributed by atoms with van der Waals surface area (Å²) in [7, 11) is 0. The molecular formula is C19H25NO5. The molecule has 1 aromatic carbocycles. The first-order chi connectivity index (χ1) is 11.9. The van der Waals surface area contributed by atoms with Gasteiger partial charge in [0.05, 0.1) is 24.7 Å². The summed E-state index contributed by atoms with van der Waals surface area (Å²) in [5.41, 5.74) is 1.04. The van der Waals surface area contributed by atoms with Gasteiger partial charge in [-0.1, -0.05) is 49.4 Å². The van der Waals surface area contributed by atoms with E-state index < -0.39 is 24.6 Å². The van der Waals surface area contributed by atoms with E-state index in [0.717, 1.165) is 5.56 Å². The topological polar surface area (TPSA) is 98.1 Å². The van der Waals surface area contributed by atoms with E-state index in [-0.39, 0.29) is 24.3 Å². The van der Waals surface area contributed by atoms with Crippen LogP contribution >= 0.6 is 0 Å². The zero-order valence-corrected chi connectivity index (χ0v) is 14.3. The SMILES string of the molecule is C[C@@H]1CC(=O)N(Cc2ccccc2)[C@@H]1/C=C/[C@@H](O)C[C@@H](O)CC(=O)O. The number of benzene rings is 1. The van der Waals surface area contributed by atoms with Crippen LogP contribution < -0.4 is 0 Å². The largest absolute Gasteiger partial charge is 0.481 e. The highest BCUT2D eigenvalue weighted by Crippen LogP contribution is 2.28. The number of carboxylic acids is 1. The number of rotatable bonds is 8. The van der Waals surface area contributed by atoms with Gasteiger partial charge in [-0.3, -0.25) is 9.59 Å². The Morgan fingerprint density at radius 1 is 1.32 bits per heavy atom. The molecule has 6 heteroatoms. The van der Waals surface area contributed by atoms with E-state index in [1.165, 1.54) is 0 Å². The molecule has 0 radical (unpaired) electrons. The predicted molar refractivity (Wildman–Crippen MR) is 92.6 cm³/mol. The molecule has 1 saturated heterocycles. The Morgan fingerprint density at radius 2 is 2.00 bits per heavy atom. The molecule has 0 saturated carbocycles. The summed E-state index contributed by atoms with van der Waals surface area (Å²) < 4.78 is 0. The molecule has 2 rings (SSSR count). The average Bonchev–Trinajstić information content (AvgIpc) is 2.79. The second-order valence-electron chi connectivity index (χ2n) is 6.62. The maximum Gasteiger partial charge on any atom is 0.305 e. The Balaban J connectivity index is 1.99. The first kappa shape index (κ1) is 19.1. The molecule has 0 spiro atoms. The van der Waals surface area contributed by atoms with Crippen LogP contribution in [0.1, 0.15) is 31.7 Å². The van der Waals surface area contributed by atoms with Crippen LogP contribution in [-0.2, 0) is 16.1 Å². The Labute approximate surface area is 147 Å². The summed E-state index contributed by atoms with van der Waals surface area (Å²) in [6.07, 6.45) is 1.30. The molecule has 3 N–H and O–H groups in total. The van der Waals surface area contributed by atoms with Gasteiger partial charge in [-0.2, -0.15) is 0 Å². The van der Waals surface area contributed by atoms with Crippen LogP contribution in [0.2, 0.25) is 0 Å². The summed E-state index contributed by atoms with van der Waals surface area (Å²) in [4.78, 5) is 24.6. The van der Waals surface area contributed by atoms with Crippen molar-refractivity contribution in [1.82, 2.24) is 4.90 Å². The number of carbonyl (C=O) groups excluding carboxylic acids is 1. The number of amides is 1. The first-order valence-electron chi connectivity index (χ1n) is 8.46. The van der Waals surface area contributed by atoms with Crippen molar-refractivity contribution in [3.05, 3.63) is 48.0 Å². The number of carbonyl (C=O) groups is 2. The van der Waals surface area contributed by atoms with Crippen molar-refractivity contribution in [3.8, 4) is 0 Å². The number of aliphatic hydroxyl groups is 2. The standard InChI is InChI=1S/C19H25NO5/c1-13-9-18(23)20(12-14-5-3-2-4-6-14)17(13)8-7-15(21)10-16(22)11-19(24)25/h2-8,13,15-17,21-22H,9-12H2,1H3,(H,24,25)/b8-7+/t13-,15-,16-,17-/m1/s1. The molecule has 6 nitrogen and oxygen atoms in total. The summed E-state index contributed by atoms with van der Waals surface area (Å²) in [5, 5.41) is 28.2. The molecule has 25 heavy (non-hydrogen) atoms. The summed E-state index contributed by atoms with van der Waals surface area (Å²) in [6, 6.07) is 9.59. The smallest absolute Gasteiger partial charge is 0.305 e. The van der Waals surface area contributed by atoms with E-state index in [1.807, 2.05) is 37.3 Å². The molecule has 0 unspecified atom stereocenters. The van der Waals surface area contributed by atoms with Crippen LogP contribution in [-0.4, -0.2) is 50.3 Å². The molecule has 1 heterocycles. The van der Waals surface area contributed by atoms with Gasteiger partial charge in [0.1, 0.15) is 0 Å². The van der Waals surface area contributed by atoms with Gasteiger partial charge in [0.25, 0.3) is 0 Å². The summed E-state index contributed by atoms with van der Waals surface area (Å²) >= 11 is 0. The van der Waals surface area contributed by atoms with Gasteiger partial charge >= 0.3 is 5.97 Å². The zero-order valence-electron chi connectivity index (χ0n) is 14.3. The minimum atomic E-state index is -1.10. The lowest BCUT2D eigenvalue weighted by molar-refractivity contribution is -0.139. The molecule has 1 aliphatic heterocycles. The minimum absolute atomic E-state index is 0.0451. The maximum absolute atomic E-state index is 12.3. The molecule has 1 fully saturated rings. The second-order valence-corrected chi connectivity index (χ2v) is 6.62. The van der Waals surface area contributed by atoms with Crippen molar-refractivity contribution in [1.29, 1.82) is 0 Å². The van der Waals surface area contributed by atoms with Crippen molar-refractivity contribution >= 4 is 11.9 Å². The van der Waals surface area contributed by atoms with Crippen LogP contribution in [0.5, 0.6) is 0 Å². The number of aliphatic carboxylic acids is 1. The fourth-order valence-corrected chi connectivity index (χ4v) is 3.14. The third kappa shape index (κ3) is 5.69. The van der Waals surface area contributed by atoms with E-state index in [0.29, 0.717) is 13.0 Å². The Morgan fingerprint density at radius 3 is 2.64 bits per heavy atom. The quantitative estimate of drug-likeness (QED) is 0.620. The van der Waals surface area contributed by atoms with Gasteiger partial charge in [-0.05, 0) is 11.5 Å². The highest BCUT2D eigenvalue weighted by molar-refractivity contribution is 5.79. The molecular weight excluding hydrogens is 322 g/mol. The number of hydrogen-bond donors (Lipinski definition) is 3. The third-order valence-electron chi connectivity index (χ3n) is 4.41. The minimum Gasteiger partial charge on any atom is -0.481 e. The van der Waals surface area contributed by atoms with E-state index >= 15 is 0 Å². The molecule has 136 valence electrons. The van der Waals surface area contributed by atoms with Crippen molar-refractivity contribution in [2.24, 2.45) is 5.92 Å². The Kier molecular flexibility index (Phi) is 6.73. The maximum atomic E-state index is 12.3. The summed E-state index contributed by atoms with van der Waals surface area (Å²) in [5.74, 6) is -0.900. The van der Waals surface area contributed by atoms with Crippen LogP contribution in [0.25, 0.3) is 0 Å². The molecule has 1 aliphatic rings. The van der Waals surface area contributed by atoms with Crippen molar-refractivity contribution < 1.29 is 24.9 Å². The molecule has 0 bridgehead atoms. The van der Waals surface area contributed by atoms with Crippen molar-refractivity contribution in [2.75, 3.05) is 0 Å². The number of aliphatic hydroxyl groups excluding tert-OH is 2. The van der Waals surface area contributed by atoms with Gasteiger partial charge in [-0.15, -0.1) is 0 Å². The highest BCUT2D eigenvalue weighted by Gasteiger charge is 2.35. The van der Waals surface area contributed by atoms with Crippen LogP contribution in [0.3, 0.4) is 0 Å². The number of likely N-dealkylation sites (tertiary alicyclic amines) is 1. The van der Waals surface area contributed by atoms with Crippen LogP contribution in [0.15, 0.2) is 42.5 Å². The Bertz CT molecular complexity index is 616. The Hall–Kier alpha value is -2.18. The lowest BCUT2D eigenvalue weighted by Crippen LogP contribution is -2.33. The lowest BCUT2D eigenvalue weighted by Gasteiger charge is -2.25. The molecule has 0 aromatic heterocycles. The van der Waals surface area contributed by atoms with E-state index in [2.05, 4.69) is 0 Å². The van der Waals surface area contributed by atoms with E-state index in [9.17, 15) is 19.8 Å². The van der Waals surface area contributed by atoms with Crippen LogP contribution in [0.4, 0.5) is 0 Å². The molecule has 0 aliphatic carbocycles. The second kappa shape index (κ2) is 8.78. The molecule has 4 atom stereocenters. The van der Waals surface area contributed by atoms with Gasteiger partial charge in [-0.25, -0.2) is 0 Å². The predicted octanol–water partition coefficient (Wildman–Crippen LogP) is 1.57. The fraction of sp³-hybridized carbons (Fsp3) is 0.474. The zero-order chi connectivity index (χ0) is 18.4. The van der Waals surface area contributed by atoms with E-state index in [1.54, 1.807) is 17.1 Å². The van der Waals surface area contributed by atoms with Crippen LogP contribution in [0, 0.1) is 5.92 Å². The van der Waals surface area contributed by atoms with Gasteiger partial charge < -0.3 is 20.2 Å². The number of hydrogen-bond acceptors (Lipinski definition) is 4. The highest BCUT2D eigenvalue weighted by atomic mass is 16.4. The fourth-order valence-electron chi connectivity index (χ4n) is 3.14. The van der Waals surface area contributed by atoms with Gasteiger partial charge in [0.15, 0.2) is 0 Å². The van der Waals surface area contributed by atoms with Crippen molar-refractivity contribution in [2.45, 2.75) is 51.0 Å². The third-order valence-corrected chi connectivity index (χ3v) is 4.41. The van der Waals surface area contributed by atoms with Gasteiger partial charge in [0, 0.05) is 19.4 Å². The van der Waals surface area contributed by atoms with E-state index in [4.69, 9.17) is 5.11 Å². The number of nitrogens with zero attached hydrogens (tertiary/aromatic N) is 1. The number of carboxylic acid groups (broad SMARTS) is 1. The molecule has 1 aromatic rings. The lowest BCUT2D eigenvalue weighted by atomic mass is 10.0. The van der Waals surface area contributed by atoms with Gasteiger partial charge in [0.2, 0.25) is 5.91 Å². The first-order valence-corrected chi connectivity index (χ1v) is 8.46. The van der Waals surface area contributed by atoms with Crippen molar-refractivity contribution in [3.63, 3.8) is 0 Å². The summed E-state index contributed by atoms with van der Waals surface area (Å²) in [6.45, 7) is 2.50. The molecule has 1 amide bonds.